The molecule has 0 atom stereocenters. The molecule has 1 N–H and O–H groups in total. The number of rotatable bonds is 3. The van der Waals surface area contributed by atoms with Crippen molar-refractivity contribution in [2.75, 3.05) is 5.32 Å². The lowest BCUT2D eigenvalue weighted by Crippen LogP contribution is -2.30. The van der Waals surface area contributed by atoms with Crippen molar-refractivity contribution in [2.24, 2.45) is 0 Å². The highest BCUT2D eigenvalue weighted by Gasteiger charge is 2.11. The van der Waals surface area contributed by atoms with Gasteiger partial charge in [-0.1, -0.05) is 22.5 Å². The second-order valence-electron chi connectivity index (χ2n) is 4.44. The number of hydrogen-bond acceptors (Lipinski definition) is 6. The third-order valence-electron chi connectivity index (χ3n) is 2.82. The van der Waals surface area contributed by atoms with E-state index >= 15 is 0 Å². The summed E-state index contributed by atoms with van der Waals surface area (Å²) in [5.74, 6) is 0.433. The van der Waals surface area contributed by atoms with E-state index in [1.54, 1.807) is 37.3 Å². The van der Waals surface area contributed by atoms with E-state index < -0.39 is 5.91 Å². The van der Waals surface area contributed by atoms with Gasteiger partial charge in [-0.2, -0.15) is 0 Å². The highest BCUT2D eigenvalue weighted by atomic mass is 16.5. The first-order valence-electron chi connectivity index (χ1n) is 6.19. The molecule has 3 rings (SSSR count). The van der Waals surface area contributed by atoms with Crippen molar-refractivity contribution in [3.05, 3.63) is 46.4 Å². The summed E-state index contributed by atoms with van der Waals surface area (Å²) in [6, 6.07) is 8.40. The van der Waals surface area contributed by atoms with Crippen LogP contribution in [0.15, 0.2) is 39.6 Å². The zero-order valence-corrected chi connectivity index (χ0v) is 11.1. The van der Waals surface area contributed by atoms with Gasteiger partial charge in [0.1, 0.15) is 17.8 Å². The number of nitrogens with zero attached hydrogens (tertiary/aromatic N) is 4. The Morgan fingerprint density at radius 3 is 2.95 bits per heavy atom. The predicted octanol–water partition coefficient (Wildman–Crippen LogP) is 0.727. The molecule has 0 saturated carbocycles. The Hall–Kier alpha value is -3.03. The van der Waals surface area contributed by atoms with Gasteiger partial charge in [0.25, 0.3) is 5.56 Å². The highest BCUT2D eigenvalue weighted by molar-refractivity contribution is 5.89. The molecule has 21 heavy (non-hydrogen) atoms. The van der Waals surface area contributed by atoms with Crippen LogP contribution in [0.3, 0.4) is 0 Å². The van der Waals surface area contributed by atoms with Crippen LogP contribution in [0.1, 0.15) is 5.76 Å². The normalized spacial score (nSPS) is 10.7. The van der Waals surface area contributed by atoms with Crippen molar-refractivity contribution in [3.63, 3.8) is 0 Å². The Balaban J connectivity index is 1.83. The van der Waals surface area contributed by atoms with E-state index in [1.165, 1.54) is 0 Å². The Labute approximate surface area is 118 Å². The first kappa shape index (κ1) is 13.0. The number of aryl methyl sites for hydroxylation is 1. The maximum atomic E-state index is 12.2. The van der Waals surface area contributed by atoms with E-state index in [4.69, 9.17) is 4.52 Å². The number of amides is 1. The van der Waals surface area contributed by atoms with E-state index in [1.807, 2.05) is 0 Å². The van der Waals surface area contributed by atoms with Crippen LogP contribution in [-0.4, -0.2) is 26.1 Å². The van der Waals surface area contributed by atoms with E-state index in [2.05, 4.69) is 20.8 Å². The molecule has 0 aliphatic heterocycles. The molecule has 0 aliphatic carbocycles. The van der Waals surface area contributed by atoms with Crippen molar-refractivity contribution in [2.45, 2.75) is 13.5 Å². The van der Waals surface area contributed by atoms with Gasteiger partial charge in [-0.15, -0.1) is 5.10 Å². The van der Waals surface area contributed by atoms with Crippen LogP contribution in [0.25, 0.3) is 10.9 Å². The summed E-state index contributed by atoms with van der Waals surface area (Å²) in [7, 11) is 0. The van der Waals surface area contributed by atoms with Gasteiger partial charge < -0.3 is 9.84 Å². The minimum Gasteiger partial charge on any atom is -0.360 e. The molecule has 3 aromatic rings. The Morgan fingerprint density at radius 1 is 1.38 bits per heavy atom. The summed E-state index contributed by atoms with van der Waals surface area (Å²) in [4.78, 5) is 24.0. The third kappa shape index (κ3) is 2.64. The van der Waals surface area contributed by atoms with E-state index in [-0.39, 0.29) is 12.1 Å². The summed E-state index contributed by atoms with van der Waals surface area (Å²) >= 11 is 0. The molecule has 106 valence electrons. The summed E-state index contributed by atoms with van der Waals surface area (Å²) < 4.78 is 5.84. The van der Waals surface area contributed by atoms with E-state index in [0.29, 0.717) is 22.5 Å². The van der Waals surface area contributed by atoms with E-state index in [9.17, 15) is 9.59 Å². The van der Waals surface area contributed by atoms with Crippen LogP contribution in [0.5, 0.6) is 0 Å². The molecule has 0 unspecified atom stereocenters. The van der Waals surface area contributed by atoms with Crippen molar-refractivity contribution in [1.29, 1.82) is 0 Å². The molecule has 0 aliphatic rings. The molecule has 2 heterocycles. The fourth-order valence-corrected chi connectivity index (χ4v) is 1.87. The van der Waals surface area contributed by atoms with Gasteiger partial charge >= 0.3 is 0 Å². The third-order valence-corrected chi connectivity index (χ3v) is 2.82. The van der Waals surface area contributed by atoms with Crippen LogP contribution in [0.4, 0.5) is 5.82 Å². The monoisotopic (exact) mass is 285 g/mol. The van der Waals surface area contributed by atoms with E-state index in [0.717, 1.165) is 4.68 Å². The lowest BCUT2D eigenvalue weighted by atomic mass is 10.2. The summed E-state index contributed by atoms with van der Waals surface area (Å²) in [6.45, 7) is 1.46. The molecule has 8 heteroatoms. The molecule has 0 radical (unpaired) electrons. The molecule has 0 saturated heterocycles. The van der Waals surface area contributed by atoms with Gasteiger partial charge in [0.2, 0.25) is 5.91 Å². The SMILES string of the molecule is Cc1cc(NC(=O)Cn2nnc3ccccc3c2=O)no1. The molecule has 0 bridgehead atoms. The maximum absolute atomic E-state index is 12.2. The Bertz CT molecular complexity index is 867. The van der Waals surface area contributed by atoms with Gasteiger partial charge in [0.05, 0.1) is 5.39 Å². The van der Waals surface area contributed by atoms with Crippen LogP contribution in [-0.2, 0) is 11.3 Å². The Morgan fingerprint density at radius 2 is 2.19 bits per heavy atom. The Kier molecular flexibility index (Phi) is 3.19. The zero-order chi connectivity index (χ0) is 14.8. The minimum absolute atomic E-state index is 0.247. The van der Waals surface area contributed by atoms with Crippen LogP contribution >= 0.6 is 0 Å². The van der Waals surface area contributed by atoms with Gasteiger partial charge in [-0.05, 0) is 19.1 Å². The molecular formula is C13H11N5O3. The standard InChI is InChI=1S/C13H11N5O3/c1-8-6-11(16-21-8)14-12(19)7-18-13(20)9-4-2-3-5-10(9)15-17-18/h2-6H,7H2,1H3,(H,14,16,19). The molecule has 0 fully saturated rings. The lowest BCUT2D eigenvalue weighted by molar-refractivity contribution is -0.117. The topological polar surface area (TPSA) is 103 Å². The first-order valence-corrected chi connectivity index (χ1v) is 6.19. The summed E-state index contributed by atoms with van der Waals surface area (Å²) in [6.07, 6.45) is 0. The molecule has 1 amide bonds. The summed E-state index contributed by atoms with van der Waals surface area (Å²) in [5.41, 5.74) is 0.123. The predicted molar refractivity (Wildman–Crippen MR) is 73.7 cm³/mol. The second kappa shape index (κ2) is 5.16. The molecule has 2 aromatic heterocycles. The number of fused-ring (bicyclic) bond motifs is 1. The lowest BCUT2D eigenvalue weighted by Gasteiger charge is -2.04. The van der Waals surface area contributed by atoms with Gasteiger partial charge in [-0.25, -0.2) is 4.68 Å². The van der Waals surface area contributed by atoms with Gasteiger partial charge in [-0.3, -0.25) is 9.59 Å². The second-order valence-corrected chi connectivity index (χ2v) is 4.44. The molecule has 8 nitrogen and oxygen atoms in total. The first-order chi connectivity index (χ1) is 10.1. The zero-order valence-electron chi connectivity index (χ0n) is 11.1. The average molecular weight is 285 g/mol. The van der Waals surface area contributed by atoms with Crippen LogP contribution in [0, 0.1) is 6.92 Å². The number of carbonyl (C=O) groups excluding carboxylic acids is 1. The summed E-state index contributed by atoms with van der Waals surface area (Å²) in [5, 5.41) is 14.2. The largest absolute Gasteiger partial charge is 0.360 e. The van der Waals surface area contributed by atoms with Gasteiger partial charge in [0, 0.05) is 6.07 Å². The fraction of sp³-hybridized carbons (Fsp3) is 0.154. The quantitative estimate of drug-likeness (QED) is 0.760. The van der Waals surface area contributed by atoms with Crippen molar-refractivity contribution in [3.8, 4) is 0 Å². The molecule has 1 aromatic carbocycles. The number of nitrogens with one attached hydrogen (secondary N) is 1. The minimum atomic E-state index is -0.435. The van der Waals surface area contributed by atoms with Crippen molar-refractivity contribution in [1.82, 2.24) is 20.2 Å². The smallest absolute Gasteiger partial charge is 0.278 e. The average Bonchev–Trinajstić information content (AvgIpc) is 2.87. The van der Waals surface area contributed by atoms with Crippen molar-refractivity contribution < 1.29 is 9.32 Å². The maximum Gasteiger partial charge on any atom is 0.278 e. The number of carbonyl (C=O) groups is 1. The number of aromatic nitrogens is 4. The highest BCUT2D eigenvalue weighted by Crippen LogP contribution is 2.07. The molecular weight excluding hydrogens is 274 g/mol. The van der Waals surface area contributed by atoms with Crippen LogP contribution in [0.2, 0.25) is 0 Å². The number of anilines is 1. The van der Waals surface area contributed by atoms with Gasteiger partial charge in [0.15, 0.2) is 5.82 Å². The molecule has 0 spiro atoms. The van der Waals surface area contributed by atoms with Crippen molar-refractivity contribution >= 4 is 22.6 Å². The fourth-order valence-electron chi connectivity index (χ4n) is 1.87. The number of benzene rings is 1. The number of hydrogen-bond donors (Lipinski definition) is 1. The van der Waals surface area contributed by atoms with Crippen LogP contribution < -0.4 is 10.9 Å².